The van der Waals surface area contributed by atoms with Crippen LogP contribution < -0.4 is 15.4 Å². The molecule has 0 aromatic heterocycles. The van der Waals surface area contributed by atoms with Crippen molar-refractivity contribution in [1.82, 2.24) is 0 Å². The number of rotatable bonds is 7. The van der Waals surface area contributed by atoms with E-state index >= 15 is 0 Å². The largest absolute Gasteiger partial charge is 0.481 e. The summed E-state index contributed by atoms with van der Waals surface area (Å²) in [5.74, 6) is -0.698. The number of benzene rings is 2. The van der Waals surface area contributed by atoms with Crippen LogP contribution >= 0.6 is 0 Å². The van der Waals surface area contributed by atoms with Gasteiger partial charge in [-0.15, -0.1) is 0 Å². The van der Waals surface area contributed by atoms with Gasteiger partial charge in [0.15, 0.2) is 6.10 Å². The zero-order valence-corrected chi connectivity index (χ0v) is 14.2. The lowest BCUT2D eigenvalue weighted by molar-refractivity contribution is -0.124. The lowest BCUT2D eigenvalue weighted by Gasteiger charge is -2.26. The van der Waals surface area contributed by atoms with Crippen LogP contribution in [-0.4, -0.2) is 24.5 Å². The van der Waals surface area contributed by atoms with Crippen LogP contribution in [-0.2, 0) is 9.59 Å². The van der Waals surface area contributed by atoms with E-state index in [4.69, 9.17) is 10.5 Å². The van der Waals surface area contributed by atoms with Gasteiger partial charge in [-0.1, -0.05) is 17.7 Å². The molecule has 0 aliphatic heterocycles. The van der Waals surface area contributed by atoms with Crippen molar-refractivity contribution in [2.24, 2.45) is 5.73 Å². The molecule has 5 nitrogen and oxygen atoms in total. The minimum absolute atomic E-state index is 0.000365. The first-order valence-corrected chi connectivity index (χ1v) is 7.95. The molecule has 0 saturated carbocycles. The molecule has 0 heterocycles. The Labute approximate surface area is 146 Å². The van der Waals surface area contributed by atoms with Gasteiger partial charge in [0.2, 0.25) is 5.91 Å². The minimum Gasteiger partial charge on any atom is -0.481 e. The number of halogens is 1. The summed E-state index contributed by atoms with van der Waals surface area (Å²) in [6.07, 6.45) is -0.777. The average molecular weight is 344 g/mol. The van der Waals surface area contributed by atoms with Crippen LogP contribution in [0.3, 0.4) is 0 Å². The van der Waals surface area contributed by atoms with E-state index in [-0.39, 0.29) is 18.9 Å². The Morgan fingerprint density at radius 2 is 1.72 bits per heavy atom. The second-order valence-corrected chi connectivity index (χ2v) is 5.76. The summed E-state index contributed by atoms with van der Waals surface area (Å²) in [7, 11) is 0. The van der Waals surface area contributed by atoms with E-state index < -0.39 is 17.8 Å². The van der Waals surface area contributed by atoms with Crippen LogP contribution in [0.5, 0.6) is 5.75 Å². The van der Waals surface area contributed by atoms with Crippen molar-refractivity contribution in [3.05, 3.63) is 59.9 Å². The Bertz CT molecular complexity index is 729. The molecule has 2 aromatic rings. The molecule has 2 N–H and O–H groups in total. The Morgan fingerprint density at radius 1 is 1.12 bits per heavy atom. The third-order valence-electron chi connectivity index (χ3n) is 3.67. The summed E-state index contributed by atoms with van der Waals surface area (Å²) >= 11 is 0. The predicted octanol–water partition coefficient (Wildman–Crippen LogP) is 2.81. The second kappa shape index (κ2) is 8.28. The molecule has 132 valence electrons. The van der Waals surface area contributed by atoms with E-state index in [0.29, 0.717) is 11.4 Å². The fourth-order valence-electron chi connectivity index (χ4n) is 2.30. The number of anilines is 1. The molecule has 1 unspecified atom stereocenters. The first kappa shape index (κ1) is 18.4. The molecule has 2 rings (SSSR count). The highest BCUT2D eigenvalue weighted by Crippen LogP contribution is 2.19. The number of aryl methyl sites for hydroxylation is 1. The number of nitrogens with two attached hydrogens (primary N) is 1. The SMILES string of the molecule is Cc1ccc(OC(C)C(=O)N(CCC(N)=O)c2ccc(F)cc2)cc1. The van der Waals surface area contributed by atoms with Gasteiger partial charge < -0.3 is 15.4 Å². The summed E-state index contributed by atoms with van der Waals surface area (Å²) in [5.41, 5.74) is 6.75. The van der Waals surface area contributed by atoms with E-state index in [2.05, 4.69) is 0 Å². The van der Waals surface area contributed by atoms with Gasteiger partial charge in [0.25, 0.3) is 5.91 Å². The average Bonchev–Trinajstić information content (AvgIpc) is 2.58. The topological polar surface area (TPSA) is 72.6 Å². The van der Waals surface area contributed by atoms with E-state index in [1.807, 2.05) is 19.1 Å². The highest BCUT2D eigenvalue weighted by Gasteiger charge is 2.24. The van der Waals surface area contributed by atoms with Crippen LogP contribution in [0, 0.1) is 12.7 Å². The van der Waals surface area contributed by atoms with Crippen molar-refractivity contribution in [1.29, 1.82) is 0 Å². The van der Waals surface area contributed by atoms with Crippen molar-refractivity contribution in [2.75, 3.05) is 11.4 Å². The predicted molar refractivity (Wildman–Crippen MR) is 93.8 cm³/mol. The number of hydrogen-bond acceptors (Lipinski definition) is 3. The van der Waals surface area contributed by atoms with Gasteiger partial charge in [-0.05, 0) is 50.2 Å². The summed E-state index contributed by atoms with van der Waals surface area (Å²) in [4.78, 5) is 25.2. The number of primary amides is 1. The minimum atomic E-state index is -0.777. The number of hydrogen-bond donors (Lipinski definition) is 1. The van der Waals surface area contributed by atoms with Crippen LogP contribution in [0.15, 0.2) is 48.5 Å². The van der Waals surface area contributed by atoms with Crippen molar-refractivity contribution in [2.45, 2.75) is 26.4 Å². The molecular formula is C19H21FN2O3. The molecule has 0 aliphatic carbocycles. The Hall–Kier alpha value is -2.89. The highest BCUT2D eigenvalue weighted by atomic mass is 19.1. The van der Waals surface area contributed by atoms with Gasteiger partial charge in [0, 0.05) is 18.7 Å². The number of ether oxygens (including phenoxy) is 1. The smallest absolute Gasteiger partial charge is 0.267 e. The summed E-state index contributed by atoms with van der Waals surface area (Å²) in [6.45, 7) is 3.68. The van der Waals surface area contributed by atoms with Gasteiger partial charge >= 0.3 is 0 Å². The van der Waals surface area contributed by atoms with Crippen LogP contribution in [0.4, 0.5) is 10.1 Å². The third-order valence-corrected chi connectivity index (χ3v) is 3.67. The van der Waals surface area contributed by atoms with Gasteiger partial charge in [-0.2, -0.15) is 0 Å². The molecule has 0 fully saturated rings. The lowest BCUT2D eigenvalue weighted by Crippen LogP contribution is -2.42. The molecular weight excluding hydrogens is 323 g/mol. The van der Waals surface area contributed by atoms with Gasteiger partial charge in [0.1, 0.15) is 11.6 Å². The maximum Gasteiger partial charge on any atom is 0.267 e. The van der Waals surface area contributed by atoms with Gasteiger partial charge in [0.05, 0.1) is 0 Å². The molecule has 0 aliphatic rings. The third kappa shape index (κ3) is 5.31. The molecule has 1 atom stereocenters. The Kier molecular flexibility index (Phi) is 6.11. The van der Waals surface area contributed by atoms with Crippen molar-refractivity contribution in [3.63, 3.8) is 0 Å². The second-order valence-electron chi connectivity index (χ2n) is 5.76. The van der Waals surface area contributed by atoms with E-state index in [1.54, 1.807) is 19.1 Å². The van der Waals surface area contributed by atoms with Crippen molar-refractivity contribution < 1.29 is 18.7 Å². The molecule has 0 bridgehead atoms. The highest BCUT2D eigenvalue weighted by molar-refractivity contribution is 5.97. The number of carbonyl (C=O) groups is 2. The van der Waals surface area contributed by atoms with Crippen LogP contribution in [0.25, 0.3) is 0 Å². The van der Waals surface area contributed by atoms with E-state index in [9.17, 15) is 14.0 Å². The standard InChI is InChI=1S/C19H21FN2O3/c1-13-3-9-17(10-4-13)25-14(2)19(24)22(12-11-18(21)23)16-7-5-15(20)6-8-16/h3-10,14H,11-12H2,1-2H3,(H2,21,23). The van der Waals surface area contributed by atoms with Gasteiger partial charge in [-0.3, -0.25) is 9.59 Å². The first-order valence-electron chi connectivity index (χ1n) is 7.95. The normalized spacial score (nSPS) is 11.6. The monoisotopic (exact) mass is 344 g/mol. The zero-order valence-electron chi connectivity index (χ0n) is 14.2. The molecule has 6 heteroatoms. The van der Waals surface area contributed by atoms with Crippen molar-refractivity contribution in [3.8, 4) is 5.75 Å². The molecule has 2 amide bonds. The Morgan fingerprint density at radius 3 is 2.28 bits per heavy atom. The summed E-state index contributed by atoms with van der Waals surface area (Å²) < 4.78 is 18.8. The fraction of sp³-hybridized carbons (Fsp3) is 0.263. The number of carbonyl (C=O) groups excluding carboxylic acids is 2. The molecule has 25 heavy (non-hydrogen) atoms. The van der Waals surface area contributed by atoms with Crippen molar-refractivity contribution >= 4 is 17.5 Å². The first-order chi connectivity index (χ1) is 11.9. The number of amides is 2. The molecule has 0 spiro atoms. The quantitative estimate of drug-likeness (QED) is 0.839. The van der Waals surface area contributed by atoms with E-state index in [0.717, 1.165) is 5.56 Å². The van der Waals surface area contributed by atoms with Gasteiger partial charge in [-0.25, -0.2) is 4.39 Å². The molecule has 0 radical (unpaired) electrons. The lowest BCUT2D eigenvalue weighted by atomic mass is 10.2. The zero-order chi connectivity index (χ0) is 18.4. The van der Waals surface area contributed by atoms with Crippen LogP contribution in [0.2, 0.25) is 0 Å². The molecule has 0 saturated heterocycles. The van der Waals surface area contributed by atoms with E-state index in [1.165, 1.54) is 29.2 Å². The number of nitrogens with zero attached hydrogens (tertiary/aromatic N) is 1. The fourth-order valence-corrected chi connectivity index (χ4v) is 2.30. The van der Waals surface area contributed by atoms with Crippen LogP contribution in [0.1, 0.15) is 18.9 Å². The summed E-state index contributed by atoms with van der Waals surface area (Å²) in [6, 6.07) is 12.8. The Balaban J connectivity index is 2.16. The summed E-state index contributed by atoms with van der Waals surface area (Å²) in [5, 5.41) is 0. The maximum absolute atomic E-state index is 13.1. The maximum atomic E-state index is 13.1. The molecule has 2 aromatic carbocycles.